The summed E-state index contributed by atoms with van der Waals surface area (Å²) in [5.74, 6) is 0.992. The molecule has 1 aromatic carbocycles. The average Bonchev–Trinajstić information content (AvgIpc) is 2.31. The Morgan fingerprint density at radius 1 is 1.26 bits per heavy atom. The van der Waals surface area contributed by atoms with Crippen molar-refractivity contribution in [2.45, 2.75) is 39.8 Å². The minimum absolute atomic E-state index is 0.112. The zero-order chi connectivity index (χ0) is 14.6. The number of hydrogen-bond acceptors (Lipinski definition) is 3. The quantitative estimate of drug-likeness (QED) is 0.855. The van der Waals surface area contributed by atoms with E-state index in [1.54, 1.807) is 7.11 Å². The van der Waals surface area contributed by atoms with Gasteiger partial charge in [-0.3, -0.25) is 0 Å². The fourth-order valence-corrected chi connectivity index (χ4v) is 2.42. The van der Waals surface area contributed by atoms with Crippen molar-refractivity contribution in [3.63, 3.8) is 0 Å². The predicted octanol–water partition coefficient (Wildman–Crippen LogP) is 2.74. The van der Waals surface area contributed by atoms with E-state index in [0.29, 0.717) is 0 Å². The SMILES string of the molecule is CNC(C)(C)CN(C)Cc1c(C)cc(C)cc1OC. The molecule has 0 spiro atoms. The molecule has 1 rings (SSSR count). The number of methoxy groups -OCH3 is 1. The highest BCUT2D eigenvalue weighted by atomic mass is 16.5. The summed E-state index contributed by atoms with van der Waals surface area (Å²) in [5.41, 5.74) is 3.94. The van der Waals surface area contributed by atoms with Gasteiger partial charge in [0.1, 0.15) is 5.75 Å². The molecule has 19 heavy (non-hydrogen) atoms. The van der Waals surface area contributed by atoms with Crippen LogP contribution < -0.4 is 10.1 Å². The Labute approximate surface area is 118 Å². The van der Waals surface area contributed by atoms with Gasteiger partial charge in [-0.2, -0.15) is 0 Å². The number of aryl methyl sites for hydroxylation is 2. The first kappa shape index (κ1) is 16.0. The first-order chi connectivity index (χ1) is 8.79. The van der Waals surface area contributed by atoms with Gasteiger partial charge < -0.3 is 15.0 Å². The lowest BCUT2D eigenvalue weighted by atomic mass is 10.0. The van der Waals surface area contributed by atoms with Crippen LogP contribution in [-0.4, -0.2) is 38.2 Å². The van der Waals surface area contributed by atoms with Crippen molar-refractivity contribution in [3.05, 3.63) is 28.8 Å². The second-order valence-electron chi connectivity index (χ2n) is 6.07. The van der Waals surface area contributed by atoms with Crippen LogP contribution in [0.5, 0.6) is 5.75 Å². The van der Waals surface area contributed by atoms with Gasteiger partial charge in [0, 0.05) is 24.2 Å². The zero-order valence-corrected chi connectivity index (χ0v) is 13.4. The summed E-state index contributed by atoms with van der Waals surface area (Å²) in [6.45, 7) is 10.6. The van der Waals surface area contributed by atoms with Crippen LogP contribution in [0.2, 0.25) is 0 Å². The molecule has 1 N–H and O–H groups in total. The minimum Gasteiger partial charge on any atom is -0.496 e. The van der Waals surface area contributed by atoms with Crippen LogP contribution in [0.4, 0.5) is 0 Å². The smallest absolute Gasteiger partial charge is 0.123 e. The van der Waals surface area contributed by atoms with Crippen LogP contribution in [0.25, 0.3) is 0 Å². The number of hydrogen-bond donors (Lipinski definition) is 1. The van der Waals surface area contributed by atoms with Gasteiger partial charge in [0.25, 0.3) is 0 Å². The molecule has 0 aliphatic carbocycles. The normalized spacial score (nSPS) is 12.0. The van der Waals surface area contributed by atoms with Gasteiger partial charge in [0.05, 0.1) is 7.11 Å². The molecule has 0 aliphatic rings. The number of rotatable bonds is 6. The summed E-state index contributed by atoms with van der Waals surface area (Å²) < 4.78 is 5.52. The Balaban J connectivity index is 2.87. The van der Waals surface area contributed by atoms with Crippen LogP contribution in [0.1, 0.15) is 30.5 Å². The molecule has 1 aromatic rings. The highest BCUT2D eigenvalue weighted by Gasteiger charge is 2.19. The first-order valence-corrected chi connectivity index (χ1v) is 6.80. The summed E-state index contributed by atoms with van der Waals surface area (Å²) in [5, 5.41) is 3.34. The van der Waals surface area contributed by atoms with Gasteiger partial charge >= 0.3 is 0 Å². The molecule has 0 aromatic heterocycles. The van der Waals surface area contributed by atoms with E-state index in [0.717, 1.165) is 18.8 Å². The summed E-state index contributed by atoms with van der Waals surface area (Å²) in [6, 6.07) is 4.33. The Bertz CT molecular complexity index is 427. The van der Waals surface area contributed by atoms with E-state index < -0.39 is 0 Å². The van der Waals surface area contributed by atoms with Gasteiger partial charge in [-0.1, -0.05) is 6.07 Å². The Morgan fingerprint density at radius 3 is 2.42 bits per heavy atom. The Hall–Kier alpha value is -1.06. The second-order valence-corrected chi connectivity index (χ2v) is 6.07. The number of nitrogens with zero attached hydrogens (tertiary/aromatic N) is 1. The number of nitrogens with one attached hydrogen (secondary N) is 1. The van der Waals surface area contributed by atoms with Gasteiger partial charge in [0.15, 0.2) is 0 Å². The number of likely N-dealkylation sites (N-methyl/N-ethyl adjacent to an activating group) is 2. The van der Waals surface area contributed by atoms with E-state index in [-0.39, 0.29) is 5.54 Å². The van der Waals surface area contributed by atoms with Crippen LogP contribution in [0.3, 0.4) is 0 Å². The number of ether oxygens (including phenoxy) is 1. The molecule has 0 unspecified atom stereocenters. The van der Waals surface area contributed by atoms with E-state index in [9.17, 15) is 0 Å². The van der Waals surface area contributed by atoms with Crippen LogP contribution in [0, 0.1) is 13.8 Å². The van der Waals surface area contributed by atoms with Gasteiger partial charge in [0.2, 0.25) is 0 Å². The molecule has 0 saturated heterocycles. The fourth-order valence-electron chi connectivity index (χ4n) is 2.42. The fraction of sp³-hybridized carbons (Fsp3) is 0.625. The lowest BCUT2D eigenvalue weighted by molar-refractivity contribution is 0.235. The van der Waals surface area contributed by atoms with Gasteiger partial charge in [-0.25, -0.2) is 0 Å². The summed E-state index contributed by atoms with van der Waals surface area (Å²) in [6.07, 6.45) is 0. The van der Waals surface area contributed by atoms with Crippen LogP contribution in [0.15, 0.2) is 12.1 Å². The maximum Gasteiger partial charge on any atom is 0.123 e. The topological polar surface area (TPSA) is 24.5 Å². The van der Waals surface area contributed by atoms with E-state index in [1.807, 2.05) is 7.05 Å². The van der Waals surface area contributed by atoms with Gasteiger partial charge in [-0.15, -0.1) is 0 Å². The van der Waals surface area contributed by atoms with Crippen LogP contribution in [-0.2, 0) is 6.54 Å². The molecule has 0 amide bonds. The maximum atomic E-state index is 5.52. The third-order valence-corrected chi connectivity index (χ3v) is 3.57. The van der Waals surface area contributed by atoms with Crippen molar-refractivity contribution in [2.24, 2.45) is 0 Å². The lowest BCUT2D eigenvalue weighted by Gasteiger charge is -2.30. The molecule has 0 saturated carbocycles. The summed E-state index contributed by atoms with van der Waals surface area (Å²) >= 11 is 0. The third kappa shape index (κ3) is 4.51. The molecule has 3 nitrogen and oxygen atoms in total. The van der Waals surface area contributed by atoms with Gasteiger partial charge in [-0.05, 0) is 59.0 Å². The second kappa shape index (κ2) is 6.40. The molecular formula is C16H28N2O. The first-order valence-electron chi connectivity index (χ1n) is 6.80. The van der Waals surface area contributed by atoms with Crippen molar-refractivity contribution in [3.8, 4) is 5.75 Å². The maximum absolute atomic E-state index is 5.52. The monoisotopic (exact) mass is 264 g/mol. The van der Waals surface area contributed by atoms with Crippen molar-refractivity contribution in [2.75, 3.05) is 27.7 Å². The predicted molar refractivity (Wildman–Crippen MR) is 81.9 cm³/mol. The lowest BCUT2D eigenvalue weighted by Crippen LogP contribution is -2.46. The average molecular weight is 264 g/mol. The largest absolute Gasteiger partial charge is 0.496 e. The molecule has 0 heterocycles. The standard InChI is InChI=1S/C16H28N2O/c1-12-8-13(2)14(15(9-12)19-7)10-18(6)11-16(3,4)17-5/h8-9,17H,10-11H2,1-7H3. The van der Waals surface area contributed by atoms with Crippen molar-refractivity contribution in [1.82, 2.24) is 10.2 Å². The highest BCUT2D eigenvalue weighted by molar-refractivity contribution is 5.43. The molecule has 0 atom stereocenters. The van der Waals surface area contributed by atoms with E-state index in [1.165, 1.54) is 16.7 Å². The molecule has 0 fully saturated rings. The van der Waals surface area contributed by atoms with E-state index in [4.69, 9.17) is 4.74 Å². The Kier molecular flexibility index (Phi) is 5.39. The van der Waals surface area contributed by atoms with Crippen molar-refractivity contribution < 1.29 is 4.74 Å². The molecular weight excluding hydrogens is 236 g/mol. The van der Waals surface area contributed by atoms with E-state index >= 15 is 0 Å². The molecule has 3 heteroatoms. The molecule has 0 aliphatic heterocycles. The zero-order valence-electron chi connectivity index (χ0n) is 13.4. The number of benzene rings is 1. The summed E-state index contributed by atoms with van der Waals surface area (Å²) in [7, 11) is 5.90. The molecule has 0 bridgehead atoms. The molecule has 0 radical (unpaired) electrons. The van der Waals surface area contributed by atoms with Crippen LogP contribution >= 0.6 is 0 Å². The molecule has 108 valence electrons. The Morgan fingerprint density at radius 2 is 1.89 bits per heavy atom. The highest BCUT2D eigenvalue weighted by Crippen LogP contribution is 2.25. The third-order valence-electron chi connectivity index (χ3n) is 3.57. The summed E-state index contributed by atoms with van der Waals surface area (Å²) in [4.78, 5) is 2.33. The van der Waals surface area contributed by atoms with E-state index in [2.05, 4.69) is 57.1 Å². The van der Waals surface area contributed by atoms with Crippen molar-refractivity contribution >= 4 is 0 Å². The minimum atomic E-state index is 0.112. The van der Waals surface area contributed by atoms with Crippen molar-refractivity contribution in [1.29, 1.82) is 0 Å².